The van der Waals surface area contributed by atoms with E-state index in [1.165, 1.54) is 0 Å². The summed E-state index contributed by atoms with van der Waals surface area (Å²) >= 11 is 0. The zero-order valence-corrected chi connectivity index (χ0v) is 15.9. The van der Waals surface area contributed by atoms with E-state index in [0.29, 0.717) is 12.1 Å². The third kappa shape index (κ3) is 3.50. The normalized spacial score (nSPS) is 16.0. The molecule has 0 bridgehead atoms. The van der Waals surface area contributed by atoms with Gasteiger partial charge in [0.25, 0.3) is 5.91 Å². The maximum atomic E-state index is 12.6. The fourth-order valence-electron chi connectivity index (χ4n) is 3.61. The van der Waals surface area contributed by atoms with E-state index in [-0.39, 0.29) is 5.91 Å². The molecular weight excluding hydrogens is 366 g/mol. The van der Waals surface area contributed by atoms with Crippen molar-refractivity contribution in [3.8, 4) is 5.69 Å². The summed E-state index contributed by atoms with van der Waals surface area (Å²) < 4.78 is 1.73. The van der Waals surface area contributed by atoms with Crippen LogP contribution < -0.4 is 10.6 Å². The highest BCUT2D eigenvalue weighted by Gasteiger charge is 2.18. The third-order valence-electron chi connectivity index (χ3n) is 5.22. The molecule has 0 atom stereocenters. The van der Waals surface area contributed by atoms with E-state index >= 15 is 0 Å². The number of aromatic nitrogens is 4. The maximum absolute atomic E-state index is 12.6. The van der Waals surface area contributed by atoms with Gasteiger partial charge in [-0.2, -0.15) is 0 Å². The highest BCUT2D eigenvalue weighted by Crippen LogP contribution is 2.25. The molecule has 1 saturated heterocycles. The van der Waals surface area contributed by atoms with Gasteiger partial charge in [0.2, 0.25) is 0 Å². The van der Waals surface area contributed by atoms with Crippen molar-refractivity contribution >= 4 is 23.4 Å². The van der Waals surface area contributed by atoms with Crippen molar-refractivity contribution in [2.45, 2.75) is 0 Å². The summed E-state index contributed by atoms with van der Waals surface area (Å²) in [5, 5.41) is 15.2. The van der Waals surface area contributed by atoms with E-state index < -0.39 is 0 Å². The Morgan fingerprint density at radius 2 is 1.90 bits per heavy atom. The van der Waals surface area contributed by atoms with Crippen molar-refractivity contribution in [1.82, 2.24) is 30.2 Å². The summed E-state index contributed by atoms with van der Waals surface area (Å²) in [7, 11) is 0. The Bertz CT molecular complexity index is 1060. The van der Waals surface area contributed by atoms with Gasteiger partial charge in [-0.05, 0) is 42.5 Å². The van der Waals surface area contributed by atoms with Crippen LogP contribution in [0, 0.1) is 0 Å². The largest absolute Gasteiger partial charge is 0.365 e. The van der Waals surface area contributed by atoms with Crippen LogP contribution >= 0.6 is 0 Å². The quantitative estimate of drug-likeness (QED) is 0.711. The van der Waals surface area contributed by atoms with Crippen molar-refractivity contribution in [3.05, 3.63) is 65.6 Å². The summed E-state index contributed by atoms with van der Waals surface area (Å²) in [6.45, 7) is 3.83. The van der Waals surface area contributed by atoms with Crippen LogP contribution in [0.1, 0.15) is 21.6 Å². The number of piperazine rings is 1. The summed E-state index contributed by atoms with van der Waals surface area (Å²) in [6, 6.07) is 11.4. The van der Waals surface area contributed by atoms with Crippen LogP contribution in [0.4, 0.5) is 5.82 Å². The molecule has 4 heterocycles. The zero-order chi connectivity index (χ0) is 19.6. The average Bonchev–Trinajstić information content (AvgIpc) is 3.29. The van der Waals surface area contributed by atoms with Gasteiger partial charge in [-0.15, -0.1) is 5.10 Å². The fraction of sp³-hybridized carbons (Fsp3) is 0.238. The molecule has 8 nitrogen and oxygen atoms in total. The van der Waals surface area contributed by atoms with Gasteiger partial charge in [-0.25, -0.2) is 9.67 Å². The minimum Gasteiger partial charge on any atom is -0.365 e. The number of fused-ring (bicyclic) bond motifs is 1. The molecule has 2 aromatic heterocycles. The SMILES string of the molecule is O=C(c1ccc(-n2cc(C3=Cc4cccnc4NC3)nn2)cc1)N1CCNCC1. The lowest BCUT2D eigenvalue weighted by atomic mass is 10.1. The standard InChI is InChI=1S/C21H21N7O/c29-21(27-10-8-22-9-11-27)15-3-5-18(6-4-15)28-14-19(25-26-28)17-12-16-2-1-7-23-20(16)24-13-17/h1-7,12,14,22H,8-11,13H2,(H,23,24). The lowest BCUT2D eigenvalue weighted by Gasteiger charge is -2.27. The van der Waals surface area contributed by atoms with Crippen molar-refractivity contribution in [2.24, 2.45) is 0 Å². The van der Waals surface area contributed by atoms with Gasteiger partial charge >= 0.3 is 0 Å². The number of hydrogen-bond donors (Lipinski definition) is 2. The van der Waals surface area contributed by atoms with Crippen LogP contribution in [0.2, 0.25) is 0 Å². The maximum Gasteiger partial charge on any atom is 0.253 e. The van der Waals surface area contributed by atoms with Gasteiger partial charge in [-0.1, -0.05) is 5.21 Å². The van der Waals surface area contributed by atoms with Gasteiger partial charge in [0.15, 0.2) is 0 Å². The molecule has 0 unspecified atom stereocenters. The lowest BCUT2D eigenvalue weighted by molar-refractivity contribution is 0.0736. The van der Waals surface area contributed by atoms with Gasteiger partial charge < -0.3 is 15.5 Å². The number of carbonyl (C=O) groups is 1. The molecule has 1 amide bonds. The Morgan fingerprint density at radius 1 is 1.07 bits per heavy atom. The molecule has 3 aromatic rings. The molecule has 0 saturated carbocycles. The number of pyridine rings is 1. The van der Waals surface area contributed by atoms with E-state index in [1.807, 2.05) is 47.5 Å². The molecule has 8 heteroatoms. The lowest BCUT2D eigenvalue weighted by Crippen LogP contribution is -2.46. The number of nitrogens with zero attached hydrogens (tertiary/aromatic N) is 5. The van der Waals surface area contributed by atoms with Gasteiger partial charge in [0.1, 0.15) is 11.5 Å². The van der Waals surface area contributed by atoms with Crippen LogP contribution in [-0.2, 0) is 0 Å². The molecule has 2 aliphatic rings. The number of amides is 1. The topological polar surface area (TPSA) is 88.0 Å². The summed E-state index contributed by atoms with van der Waals surface area (Å²) in [5.41, 5.74) is 4.47. The van der Waals surface area contributed by atoms with E-state index in [0.717, 1.165) is 54.5 Å². The number of hydrogen-bond acceptors (Lipinski definition) is 6. The highest BCUT2D eigenvalue weighted by molar-refractivity contribution is 5.94. The van der Waals surface area contributed by atoms with E-state index in [4.69, 9.17) is 0 Å². The Labute approximate surface area is 168 Å². The minimum absolute atomic E-state index is 0.0723. The van der Waals surface area contributed by atoms with E-state index in [2.05, 4.69) is 32.0 Å². The summed E-state index contributed by atoms with van der Waals surface area (Å²) in [4.78, 5) is 18.8. The van der Waals surface area contributed by atoms with E-state index in [1.54, 1.807) is 10.9 Å². The second-order valence-electron chi connectivity index (χ2n) is 7.10. The molecule has 5 rings (SSSR count). The molecule has 146 valence electrons. The van der Waals surface area contributed by atoms with Gasteiger partial charge in [0, 0.05) is 55.6 Å². The highest BCUT2D eigenvalue weighted by atomic mass is 16.2. The molecule has 1 fully saturated rings. The summed E-state index contributed by atoms with van der Waals surface area (Å²) in [5.74, 6) is 0.955. The van der Waals surface area contributed by atoms with Gasteiger partial charge in [0.05, 0.1) is 11.9 Å². The Morgan fingerprint density at radius 3 is 2.72 bits per heavy atom. The zero-order valence-electron chi connectivity index (χ0n) is 15.9. The second kappa shape index (κ2) is 7.48. The minimum atomic E-state index is 0.0723. The van der Waals surface area contributed by atoms with Crippen LogP contribution in [0.5, 0.6) is 0 Å². The molecule has 0 spiro atoms. The predicted octanol–water partition coefficient (Wildman–Crippen LogP) is 1.67. The number of benzene rings is 1. The number of carbonyl (C=O) groups excluding carboxylic acids is 1. The predicted molar refractivity (Wildman–Crippen MR) is 111 cm³/mol. The van der Waals surface area contributed by atoms with E-state index in [9.17, 15) is 4.79 Å². The number of rotatable bonds is 3. The first-order valence-corrected chi connectivity index (χ1v) is 9.70. The third-order valence-corrected chi connectivity index (χ3v) is 5.22. The van der Waals surface area contributed by atoms with Gasteiger partial charge in [-0.3, -0.25) is 4.79 Å². The van der Waals surface area contributed by atoms with Crippen molar-refractivity contribution < 1.29 is 4.79 Å². The van der Waals surface area contributed by atoms with Crippen LogP contribution in [0.15, 0.2) is 48.8 Å². The molecule has 29 heavy (non-hydrogen) atoms. The second-order valence-corrected chi connectivity index (χ2v) is 7.10. The smallest absolute Gasteiger partial charge is 0.253 e. The Balaban J connectivity index is 1.34. The molecule has 0 aliphatic carbocycles. The van der Waals surface area contributed by atoms with Crippen LogP contribution in [0.3, 0.4) is 0 Å². The molecule has 1 aromatic carbocycles. The Kier molecular flexibility index (Phi) is 4.53. The molecule has 2 N–H and O–H groups in total. The first-order valence-electron chi connectivity index (χ1n) is 9.70. The molecular formula is C21H21N7O. The first kappa shape index (κ1) is 17.6. The monoisotopic (exact) mass is 387 g/mol. The van der Waals surface area contributed by atoms with Crippen LogP contribution in [0.25, 0.3) is 17.3 Å². The van der Waals surface area contributed by atoms with Crippen molar-refractivity contribution in [3.63, 3.8) is 0 Å². The summed E-state index contributed by atoms with van der Waals surface area (Å²) in [6.07, 6.45) is 5.77. The number of anilines is 1. The van der Waals surface area contributed by atoms with Crippen molar-refractivity contribution in [1.29, 1.82) is 0 Å². The van der Waals surface area contributed by atoms with Crippen LogP contribution in [-0.4, -0.2) is 63.5 Å². The average molecular weight is 387 g/mol. The molecule has 0 radical (unpaired) electrons. The molecule has 2 aliphatic heterocycles. The fourth-order valence-corrected chi connectivity index (χ4v) is 3.61. The number of nitrogens with one attached hydrogen (secondary N) is 2. The Hall–Kier alpha value is -3.52. The first-order chi connectivity index (χ1) is 14.3. The van der Waals surface area contributed by atoms with Crippen molar-refractivity contribution in [2.75, 3.05) is 38.0 Å².